The van der Waals surface area contributed by atoms with Gasteiger partial charge < -0.3 is 9.84 Å². The molecule has 0 unspecified atom stereocenters. The molecule has 33 heavy (non-hydrogen) atoms. The predicted molar refractivity (Wildman–Crippen MR) is 121 cm³/mol. The van der Waals surface area contributed by atoms with Crippen molar-refractivity contribution in [1.82, 2.24) is 4.98 Å². The number of allylic oxidation sites excluding steroid dienone is 2. The number of halogens is 4. The van der Waals surface area contributed by atoms with E-state index in [1.165, 1.54) is 24.4 Å². The molecule has 9 heteroatoms. The maximum absolute atomic E-state index is 14.1. The molecule has 1 N–H and O–H groups in total. The quantitative estimate of drug-likeness (QED) is 0.445. The number of carbonyl (C=O) groups is 1. The molecule has 166 valence electrons. The topological polar surface area (TPSA) is 59.4 Å². The van der Waals surface area contributed by atoms with Crippen molar-refractivity contribution >= 4 is 58.3 Å². The van der Waals surface area contributed by atoms with Gasteiger partial charge in [-0.05, 0) is 72.4 Å². The minimum atomic E-state index is -1.23. The van der Waals surface area contributed by atoms with E-state index in [1.807, 2.05) is 0 Å². The van der Waals surface area contributed by atoms with Crippen LogP contribution in [0.3, 0.4) is 0 Å². The van der Waals surface area contributed by atoms with Crippen LogP contribution >= 0.6 is 11.6 Å². The molecule has 4 rings (SSSR count). The summed E-state index contributed by atoms with van der Waals surface area (Å²) in [6.07, 6.45) is 3.29. The Bertz CT molecular complexity index is 1230. The molecule has 0 radical (unpaired) electrons. The first-order chi connectivity index (χ1) is 15.3. The van der Waals surface area contributed by atoms with E-state index < -0.39 is 23.4 Å². The number of pyridine rings is 1. The Kier molecular flexibility index (Phi) is 8.23. The van der Waals surface area contributed by atoms with E-state index in [9.17, 15) is 23.1 Å². The standard InChI is InChI=1S/C24H17ClF3NO3.Na.H/c25-15-10-19(23(29-11-15)32-12-20-21(27)5-2-6-22(20)28)18-4-1-3-17(18)13-7-14(24(30)31)9-16(26)8-13;;/h2,5-11H,1,3-4,12H2,(H,30,31);;. The third-order valence-corrected chi connectivity index (χ3v) is 5.48. The zero-order valence-electron chi connectivity index (χ0n) is 16.7. The zero-order chi connectivity index (χ0) is 22.8. The first-order valence-electron chi connectivity index (χ1n) is 9.81. The number of benzene rings is 2. The number of ether oxygens (including phenoxy) is 1. The number of aromatic carboxylic acids is 1. The van der Waals surface area contributed by atoms with Crippen LogP contribution in [0.15, 0.2) is 48.7 Å². The average Bonchev–Trinajstić information content (AvgIpc) is 3.23. The van der Waals surface area contributed by atoms with E-state index in [1.54, 1.807) is 6.07 Å². The monoisotopic (exact) mass is 483 g/mol. The number of carboxylic acids is 1. The number of carboxylic acid groups (broad SMARTS) is 1. The summed E-state index contributed by atoms with van der Waals surface area (Å²) in [4.78, 5) is 15.5. The van der Waals surface area contributed by atoms with Crippen molar-refractivity contribution in [2.45, 2.75) is 25.9 Å². The summed E-state index contributed by atoms with van der Waals surface area (Å²) >= 11 is 6.15. The summed E-state index contributed by atoms with van der Waals surface area (Å²) in [5, 5.41) is 9.60. The Morgan fingerprint density at radius 2 is 1.76 bits per heavy atom. The molecule has 3 aromatic rings. The predicted octanol–water partition coefficient (Wildman–Crippen LogP) is 5.88. The first kappa shape index (κ1) is 25.3. The second-order valence-electron chi connectivity index (χ2n) is 7.34. The maximum atomic E-state index is 14.1. The number of nitrogens with zero attached hydrogens (tertiary/aromatic N) is 1. The third-order valence-electron chi connectivity index (χ3n) is 5.27. The van der Waals surface area contributed by atoms with Gasteiger partial charge in [-0.25, -0.2) is 22.9 Å². The van der Waals surface area contributed by atoms with Crippen LogP contribution in [0.4, 0.5) is 13.2 Å². The molecule has 4 nitrogen and oxygen atoms in total. The van der Waals surface area contributed by atoms with Gasteiger partial charge in [0.2, 0.25) is 5.88 Å². The molecule has 0 aliphatic heterocycles. The van der Waals surface area contributed by atoms with Gasteiger partial charge in [0.15, 0.2) is 0 Å². The van der Waals surface area contributed by atoms with Crippen LogP contribution < -0.4 is 4.74 Å². The van der Waals surface area contributed by atoms with E-state index in [0.717, 1.165) is 35.8 Å². The summed E-state index contributed by atoms with van der Waals surface area (Å²) < 4.78 is 47.7. The fourth-order valence-corrected chi connectivity index (χ4v) is 3.97. The number of hydrogen-bond donors (Lipinski definition) is 1. The van der Waals surface area contributed by atoms with E-state index in [4.69, 9.17) is 16.3 Å². The average molecular weight is 484 g/mol. The molecular formula is C24H18ClF3NNaO3. The van der Waals surface area contributed by atoms with E-state index >= 15 is 0 Å². The molecule has 0 saturated carbocycles. The Hall–Kier alpha value is -2.32. The van der Waals surface area contributed by atoms with Gasteiger partial charge in [0.1, 0.15) is 24.1 Å². The zero-order valence-corrected chi connectivity index (χ0v) is 17.4. The van der Waals surface area contributed by atoms with Crippen molar-refractivity contribution in [3.63, 3.8) is 0 Å². The SMILES string of the molecule is O=C(O)c1cc(F)cc(C2=C(c3cc(Cl)cnc3OCc3c(F)cccc3F)CCC2)c1.[NaH]. The second-order valence-corrected chi connectivity index (χ2v) is 7.78. The summed E-state index contributed by atoms with van der Waals surface area (Å²) in [6.45, 7) is -0.383. The van der Waals surface area contributed by atoms with Crippen LogP contribution in [-0.2, 0) is 6.61 Å². The molecule has 0 bridgehead atoms. The molecule has 2 aromatic carbocycles. The third kappa shape index (κ3) is 5.61. The van der Waals surface area contributed by atoms with Crippen molar-refractivity contribution < 1.29 is 27.8 Å². The molecule has 0 spiro atoms. The van der Waals surface area contributed by atoms with Crippen LogP contribution in [-0.4, -0.2) is 45.6 Å². The first-order valence-corrected chi connectivity index (χ1v) is 10.2. The Balaban J connectivity index is 0.00000306. The van der Waals surface area contributed by atoms with Crippen molar-refractivity contribution in [3.8, 4) is 5.88 Å². The molecule has 0 atom stereocenters. The summed E-state index contributed by atoms with van der Waals surface area (Å²) in [7, 11) is 0. The number of aromatic nitrogens is 1. The normalized spacial score (nSPS) is 13.1. The van der Waals surface area contributed by atoms with Gasteiger partial charge in [-0.15, -0.1) is 0 Å². The molecule has 1 aromatic heterocycles. The molecular weight excluding hydrogens is 466 g/mol. The van der Waals surface area contributed by atoms with E-state index in [0.29, 0.717) is 29.0 Å². The second kappa shape index (κ2) is 10.7. The van der Waals surface area contributed by atoms with Crippen LogP contribution in [0.5, 0.6) is 5.88 Å². The minimum absolute atomic E-state index is 0. The van der Waals surface area contributed by atoms with Gasteiger partial charge in [0, 0.05) is 11.8 Å². The summed E-state index contributed by atoms with van der Waals surface area (Å²) in [6, 6.07) is 8.82. The van der Waals surface area contributed by atoms with Gasteiger partial charge >= 0.3 is 35.5 Å². The number of rotatable bonds is 6. The van der Waals surface area contributed by atoms with Crippen molar-refractivity contribution in [2.75, 3.05) is 0 Å². The molecule has 1 heterocycles. The van der Waals surface area contributed by atoms with Crippen LogP contribution in [0, 0.1) is 17.5 Å². The fraction of sp³-hybridized carbons (Fsp3) is 0.167. The van der Waals surface area contributed by atoms with E-state index in [2.05, 4.69) is 4.98 Å². The van der Waals surface area contributed by atoms with Crippen LogP contribution in [0.1, 0.15) is 46.3 Å². The number of hydrogen-bond acceptors (Lipinski definition) is 3. The molecule has 1 aliphatic carbocycles. The van der Waals surface area contributed by atoms with E-state index in [-0.39, 0.29) is 53.2 Å². The van der Waals surface area contributed by atoms with Crippen LogP contribution in [0.2, 0.25) is 5.02 Å². The van der Waals surface area contributed by atoms with Gasteiger partial charge in [-0.2, -0.15) is 0 Å². The van der Waals surface area contributed by atoms with Crippen molar-refractivity contribution in [1.29, 1.82) is 0 Å². The van der Waals surface area contributed by atoms with Gasteiger partial charge in [0.05, 0.1) is 16.1 Å². The van der Waals surface area contributed by atoms with Gasteiger partial charge in [0.25, 0.3) is 0 Å². The molecule has 1 aliphatic rings. The van der Waals surface area contributed by atoms with Crippen molar-refractivity contribution in [2.24, 2.45) is 0 Å². The van der Waals surface area contributed by atoms with Crippen molar-refractivity contribution in [3.05, 3.63) is 93.4 Å². The summed E-state index contributed by atoms with van der Waals surface area (Å²) in [5.74, 6) is -3.23. The summed E-state index contributed by atoms with van der Waals surface area (Å²) in [5.41, 5.74) is 2.09. The molecule has 0 amide bonds. The Morgan fingerprint density at radius 1 is 1.06 bits per heavy atom. The molecule has 0 saturated heterocycles. The Morgan fingerprint density at radius 3 is 2.45 bits per heavy atom. The van der Waals surface area contributed by atoms with Gasteiger partial charge in [-0.1, -0.05) is 17.7 Å². The van der Waals surface area contributed by atoms with Gasteiger partial charge in [-0.3, -0.25) is 0 Å². The van der Waals surface area contributed by atoms with Crippen LogP contribution in [0.25, 0.3) is 11.1 Å². The fourth-order valence-electron chi connectivity index (χ4n) is 3.82. The molecule has 0 fully saturated rings. The Labute approximate surface area is 215 Å².